The molecule has 1 N–H and O–H groups in total. The molecular weight excluding hydrogens is 560 g/mol. The van der Waals surface area contributed by atoms with E-state index < -0.39 is 10.0 Å². The van der Waals surface area contributed by atoms with Gasteiger partial charge in [0.25, 0.3) is 0 Å². The van der Waals surface area contributed by atoms with Crippen LogP contribution in [0.2, 0.25) is 0 Å². The fourth-order valence-electron chi connectivity index (χ4n) is 7.11. The fourth-order valence-corrected chi connectivity index (χ4v) is 9.04. The summed E-state index contributed by atoms with van der Waals surface area (Å²) >= 11 is 1.50. The molecule has 2 aliphatic carbocycles. The van der Waals surface area contributed by atoms with E-state index in [9.17, 15) is 18.0 Å². The Morgan fingerprint density at radius 3 is 2.22 bits per heavy atom. The predicted octanol–water partition coefficient (Wildman–Crippen LogP) is 4.20. The van der Waals surface area contributed by atoms with Crippen LogP contribution in [0.15, 0.2) is 6.20 Å². The van der Waals surface area contributed by atoms with Crippen molar-refractivity contribution >= 4 is 38.4 Å². The first-order chi connectivity index (χ1) is 19.7. The maximum absolute atomic E-state index is 13.8. The van der Waals surface area contributed by atoms with E-state index in [1.54, 1.807) is 11.2 Å². The molecule has 1 aromatic rings. The number of carbonyl (C=O) groups excluding carboxylic acids is 2. The largest absolute Gasteiger partial charge is 0.342 e. The van der Waals surface area contributed by atoms with Gasteiger partial charge in [-0.2, -0.15) is 4.31 Å². The maximum Gasteiger partial charge on any atom is 0.324 e. The van der Waals surface area contributed by atoms with Crippen LogP contribution < -0.4 is 5.32 Å². The third kappa shape index (κ3) is 7.61. The summed E-state index contributed by atoms with van der Waals surface area (Å²) in [6.45, 7) is 8.56. The molecule has 12 heteroatoms. The molecule has 5 rings (SSSR count). The summed E-state index contributed by atoms with van der Waals surface area (Å²) in [5.41, 5.74) is 0. The molecule has 41 heavy (non-hydrogen) atoms. The fraction of sp³-hybridized carbons (Fsp3) is 0.828. The first-order valence-corrected chi connectivity index (χ1v) is 18.2. The number of hydrogen-bond acceptors (Lipinski definition) is 7. The number of sulfonamides is 1. The molecule has 2 saturated heterocycles. The Bertz CT molecular complexity index is 1130. The first kappa shape index (κ1) is 30.7. The molecule has 0 spiro atoms. The Kier molecular flexibility index (Phi) is 10.2. The van der Waals surface area contributed by atoms with E-state index in [0.29, 0.717) is 49.7 Å². The van der Waals surface area contributed by atoms with E-state index in [1.807, 2.05) is 6.20 Å². The summed E-state index contributed by atoms with van der Waals surface area (Å²) < 4.78 is 25.9. The van der Waals surface area contributed by atoms with Crippen molar-refractivity contribution in [1.29, 1.82) is 0 Å². The van der Waals surface area contributed by atoms with Crippen LogP contribution in [0.25, 0.3) is 0 Å². The summed E-state index contributed by atoms with van der Waals surface area (Å²) in [6.07, 6.45) is 12.2. The highest BCUT2D eigenvalue weighted by Gasteiger charge is 2.37. The van der Waals surface area contributed by atoms with Crippen LogP contribution >= 0.6 is 11.3 Å². The van der Waals surface area contributed by atoms with Crippen molar-refractivity contribution < 1.29 is 18.0 Å². The van der Waals surface area contributed by atoms with E-state index in [2.05, 4.69) is 31.9 Å². The molecule has 0 aromatic carbocycles. The van der Waals surface area contributed by atoms with Gasteiger partial charge < -0.3 is 9.80 Å². The van der Waals surface area contributed by atoms with Crippen molar-refractivity contribution in [2.75, 3.05) is 50.3 Å². The number of aromatic nitrogens is 1. The number of amides is 3. The summed E-state index contributed by atoms with van der Waals surface area (Å²) in [7, 11) is -3.14. The smallest absolute Gasteiger partial charge is 0.324 e. The molecule has 3 amide bonds. The van der Waals surface area contributed by atoms with Crippen molar-refractivity contribution in [3.8, 4) is 0 Å². The average molecular weight is 609 g/mol. The van der Waals surface area contributed by atoms with Gasteiger partial charge in [-0.15, -0.1) is 11.3 Å². The molecule has 2 aliphatic heterocycles. The van der Waals surface area contributed by atoms with Crippen LogP contribution in [-0.2, 0) is 21.4 Å². The number of nitrogens with zero attached hydrogens (tertiary/aromatic N) is 5. The van der Waals surface area contributed by atoms with Crippen molar-refractivity contribution in [2.45, 2.75) is 96.7 Å². The van der Waals surface area contributed by atoms with Crippen molar-refractivity contribution in [1.82, 2.24) is 24.0 Å². The number of rotatable bonds is 8. The summed E-state index contributed by atoms with van der Waals surface area (Å²) in [5, 5.41) is 3.74. The molecule has 4 fully saturated rings. The van der Waals surface area contributed by atoms with Gasteiger partial charge in [0, 0.05) is 74.9 Å². The Morgan fingerprint density at radius 2 is 1.59 bits per heavy atom. The molecular formula is C29H48N6O4S2. The van der Waals surface area contributed by atoms with Crippen molar-refractivity contribution in [3.63, 3.8) is 0 Å². The molecule has 4 aliphatic rings. The average Bonchev–Trinajstić information content (AvgIpc) is 3.67. The number of urea groups is 1. The van der Waals surface area contributed by atoms with E-state index in [1.165, 1.54) is 24.2 Å². The van der Waals surface area contributed by atoms with Gasteiger partial charge in [0.05, 0.1) is 5.75 Å². The second kappa shape index (κ2) is 13.7. The minimum absolute atomic E-state index is 0.0654. The second-order valence-corrected chi connectivity index (χ2v) is 15.9. The normalized spacial score (nSPS) is 25.9. The van der Waals surface area contributed by atoms with Gasteiger partial charge in [-0.05, 0) is 64.2 Å². The number of likely N-dealkylation sites (tertiary alicyclic amines) is 1. The highest BCUT2D eigenvalue weighted by Crippen LogP contribution is 2.33. The zero-order valence-corrected chi connectivity index (χ0v) is 26.4. The molecule has 0 bridgehead atoms. The van der Waals surface area contributed by atoms with Crippen LogP contribution in [0.3, 0.4) is 0 Å². The number of carbonyl (C=O) groups is 2. The Hall–Kier alpha value is -1.76. The van der Waals surface area contributed by atoms with Gasteiger partial charge in [0.15, 0.2) is 5.13 Å². The lowest BCUT2D eigenvalue weighted by molar-refractivity contribution is -0.136. The molecule has 2 saturated carbocycles. The highest BCUT2D eigenvalue weighted by atomic mass is 32.2. The predicted molar refractivity (Wildman–Crippen MR) is 162 cm³/mol. The lowest BCUT2D eigenvalue weighted by Crippen LogP contribution is -2.54. The summed E-state index contributed by atoms with van der Waals surface area (Å²) in [4.78, 5) is 38.8. The van der Waals surface area contributed by atoms with Crippen LogP contribution in [-0.4, -0.2) is 101 Å². The van der Waals surface area contributed by atoms with Gasteiger partial charge in [-0.3, -0.25) is 15.0 Å². The maximum atomic E-state index is 13.8. The number of hydrogen-bond donors (Lipinski definition) is 1. The topological polar surface area (TPSA) is 106 Å². The van der Waals surface area contributed by atoms with Crippen LogP contribution in [0.1, 0.15) is 82.9 Å². The van der Waals surface area contributed by atoms with E-state index in [-0.39, 0.29) is 29.8 Å². The summed E-state index contributed by atoms with van der Waals surface area (Å²) in [5.74, 6) is 1.37. The van der Waals surface area contributed by atoms with E-state index in [0.717, 1.165) is 69.3 Å². The Morgan fingerprint density at radius 1 is 0.951 bits per heavy atom. The molecule has 10 nitrogen and oxygen atoms in total. The monoisotopic (exact) mass is 608 g/mol. The van der Waals surface area contributed by atoms with Gasteiger partial charge in [-0.1, -0.05) is 19.8 Å². The quantitative estimate of drug-likeness (QED) is 0.474. The lowest BCUT2D eigenvalue weighted by Gasteiger charge is -2.44. The molecule has 3 heterocycles. The number of anilines is 1. The number of thiazole rings is 1. The van der Waals surface area contributed by atoms with Gasteiger partial charge >= 0.3 is 6.03 Å². The van der Waals surface area contributed by atoms with Crippen LogP contribution in [0, 0.1) is 11.8 Å². The minimum Gasteiger partial charge on any atom is -0.342 e. The SMILES string of the molecule is CCS(=O)(=O)N1CCN(Cc2cnc(NC(=O)N(C3CCC(C)CC3)C3CCN(C(=O)C4CCCC4)CC3)s2)CC1. The first-order valence-electron chi connectivity index (χ1n) is 15.8. The Labute approximate surface area is 249 Å². The second-order valence-electron chi connectivity index (χ2n) is 12.5. The molecule has 0 radical (unpaired) electrons. The highest BCUT2D eigenvalue weighted by molar-refractivity contribution is 7.89. The van der Waals surface area contributed by atoms with Crippen molar-refractivity contribution in [2.24, 2.45) is 11.8 Å². The minimum atomic E-state index is -3.14. The molecule has 0 unspecified atom stereocenters. The molecule has 0 atom stereocenters. The van der Waals surface area contributed by atoms with Gasteiger partial charge in [0.2, 0.25) is 15.9 Å². The zero-order chi connectivity index (χ0) is 29.0. The lowest BCUT2D eigenvalue weighted by atomic mass is 9.85. The third-order valence-corrected chi connectivity index (χ3v) is 12.5. The number of piperidine rings is 1. The number of piperazine rings is 1. The zero-order valence-electron chi connectivity index (χ0n) is 24.8. The van der Waals surface area contributed by atoms with Crippen LogP contribution in [0.5, 0.6) is 0 Å². The van der Waals surface area contributed by atoms with E-state index >= 15 is 0 Å². The standard InChI is InChI=1S/C29H48N6O4S2/c1-3-41(38,39)34-18-16-32(17-19-34)21-26-20-30-28(40-26)31-29(37)35(24-10-8-22(2)9-11-24)25-12-14-33(15-13-25)27(36)23-6-4-5-7-23/h20,22-25H,3-19,21H2,1-2H3,(H,30,31,37). The van der Waals surface area contributed by atoms with Crippen LogP contribution in [0.4, 0.5) is 9.93 Å². The van der Waals surface area contributed by atoms with Gasteiger partial charge in [-0.25, -0.2) is 18.2 Å². The Balaban J connectivity index is 1.18. The third-order valence-electron chi connectivity index (χ3n) is 9.72. The van der Waals surface area contributed by atoms with E-state index in [4.69, 9.17) is 0 Å². The summed E-state index contributed by atoms with van der Waals surface area (Å²) in [6, 6.07) is 0.295. The number of nitrogens with one attached hydrogen (secondary N) is 1. The molecule has 1 aromatic heterocycles. The van der Waals surface area contributed by atoms with Crippen molar-refractivity contribution in [3.05, 3.63) is 11.1 Å². The van der Waals surface area contributed by atoms with Gasteiger partial charge in [0.1, 0.15) is 0 Å². The molecule has 230 valence electrons.